The molecule has 0 bridgehead atoms. The highest BCUT2D eigenvalue weighted by molar-refractivity contribution is 6.05. The molecule has 0 aliphatic carbocycles. The number of aromatic nitrogens is 2. The van der Waals surface area contributed by atoms with Crippen molar-refractivity contribution in [3.8, 4) is 6.07 Å². The van der Waals surface area contributed by atoms with Crippen LogP contribution in [0.3, 0.4) is 0 Å². The molecule has 0 atom stereocenters. The van der Waals surface area contributed by atoms with Gasteiger partial charge in [0.05, 0.1) is 17.8 Å². The van der Waals surface area contributed by atoms with Gasteiger partial charge in [0.1, 0.15) is 5.69 Å². The molecule has 0 aliphatic rings. The Morgan fingerprint density at radius 1 is 1.33 bits per heavy atom. The van der Waals surface area contributed by atoms with Crippen LogP contribution in [-0.4, -0.2) is 15.8 Å². The molecule has 0 saturated carbocycles. The van der Waals surface area contributed by atoms with Crippen LogP contribution in [0.4, 0.5) is 0 Å². The first-order valence-electron chi connectivity index (χ1n) is 5.28. The number of hydrogen-bond donors (Lipinski definition) is 0. The Labute approximate surface area is 104 Å². The summed E-state index contributed by atoms with van der Waals surface area (Å²) >= 11 is 0. The molecule has 1 aromatic heterocycles. The van der Waals surface area contributed by atoms with Gasteiger partial charge in [-0.05, 0) is 23.8 Å². The number of nitriles is 1. The maximum Gasteiger partial charge on any atom is 0.205 e. The molecule has 0 unspecified atom stereocenters. The predicted octanol–water partition coefficient (Wildman–Crippen LogP) is 2.24. The molecule has 0 spiro atoms. The molecular formula is C14H9N3O. The van der Waals surface area contributed by atoms with Gasteiger partial charge in [0, 0.05) is 12.4 Å². The van der Waals surface area contributed by atoms with Crippen molar-refractivity contribution in [2.24, 2.45) is 0 Å². The number of allylic oxidation sites excluding steroid dienone is 1. The number of hydrogen-bond acceptors (Lipinski definition) is 4. The number of rotatable bonds is 3. The second kappa shape index (κ2) is 5.51. The van der Waals surface area contributed by atoms with Crippen LogP contribution in [0.1, 0.15) is 21.6 Å². The number of benzene rings is 1. The largest absolute Gasteiger partial charge is 0.287 e. The lowest BCUT2D eigenvalue weighted by molar-refractivity contribution is 0.104. The van der Waals surface area contributed by atoms with E-state index in [-0.39, 0.29) is 5.78 Å². The molecule has 1 heterocycles. The fourth-order valence-corrected chi connectivity index (χ4v) is 1.40. The molecule has 18 heavy (non-hydrogen) atoms. The minimum absolute atomic E-state index is 0.217. The smallest absolute Gasteiger partial charge is 0.205 e. The Morgan fingerprint density at radius 2 is 2.22 bits per heavy atom. The molecule has 2 rings (SSSR count). The first kappa shape index (κ1) is 11.7. The lowest BCUT2D eigenvalue weighted by Crippen LogP contribution is -1.97. The van der Waals surface area contributed by atoms with Gasteiger partial charge in [-0.2, -0.15) is 5.26 Å². The summed E-state index contributed by atoms with van der Waals surface area (Å²) in [5, 5.41) is 8.76. The van der Waals surface area contributed by atoms with Gasteiger partial charge < -0.3 is 0 Å². The van der Waals surface area contributed by atoms with Gasteiger partial charge in [-0.25, -0.2) is 4.98 Å². The van der Waals surface area contributed by atoms with Crippen molar-refractivity contribution in [3.05, 3.63) is 65.8 Å². The van der Waals surface area contributed by atoms with Gasteiger partial charge in [0.2, 0.25) is 5.78 Å². The van der Waals surface area contributed by atoms with E-state index < -0.39 is 0 Å². The van der Waals surface area contributed by atoms with Crippen molar-refractivity contribution < 1.29 is 4.79 Å². The zero-order valence-corrected chi connectivity index (χ0v) is 9.45. The molecule has 86 valence electrons. The number of ketones is 1. The van der Waals surface area contributed by atoms with Gasteiger partial charge in [0.25, 0.3) is 0 Å². The summed E-state index contributed by atoms with van der Waals surface area (Å²) in [4.78, 5) is 19.5. The van der Waals surface area contributed by atoms with Crippen LogP contribution >= 0.6 is 0 Å². The third-order valence-electron chi connectivity index (χ3n) is 2.26. The first-order valence-corrected chi connectivity index (χ1v) is 5.28. The Balaban J connectivity index is 2.16. The summed E-state index contributed by atoms with van der Waals surface area (Å²) < 4.78 is 0. The van der Waals surface area contributed by atoms with Gasteiger partial charge in [-0.15, -0.1) is 0 Å². The zero-order chi connectivity index (χ0) is 12.8. The van der Waals surface area contributed by atoms with Gasteiger partial charge >= 0.3 is 0 Å². The van der Waals surface area contributed by atoms with E-state index in [9.17, 15) is 4.79 Å². The molecule has 4 heteroatoms. The van der Waals surface area contributed by atoms with Crippen molar-refractivity contribution in [2.75, 3.05) is 0 Å². The summed E-state index contributed by atoms with van der Waals surface area (Å²) in [6.45, 7) is 0. The van der Waals surface area contributed by atoms with Crippen molar-refractivity contribution in [3.63, 3.8) is 0 Å². The highest BCUT2D eigenvalue weighted by Gasteiger charge is 2.01. The standard InChI is InChI=1S/C14H9N3O/c15-9-12-3-1-2-11(8-12)4-5-14(18)13-10-16-6-7-17-13/h1-8,10H/b5-4+. The van der Waals surface area contributed by atoms with E-state index in [0.717, 1.165) is 5.56 Å². The maximum absolute atomic E-state index is 11.7. The van der Waals surface area contributed by atoms with Gasteiger partial charge in [-0.3, -0.25) is 9.78 Å². The maximum atomic E-state index is 11.7. The summed E-state index contributed by atoms with van der Waals surface area (Å²) in [6, 6.07) is 9.05. The minimum atomic E-state index is -0.217. The Hall–Kier alpha value is -2.80. The van der Waals surface area contributed by atoms with E-state index >= 15 is 0 Å². The van der Waals surface area contributed by atoms with Crippen molar-refractivity contribution in [2.45, 2.75) is 0 Å². The molecule has 2 aromatic rings. The van der Waals surface area contributed by atoms with Crippen LogP contribution in [0.15, 0.2) is 48.9 Å². The molecule has 0 aliphatic heterocycles. The van der Waals surface area contributed by atoms with Crippen LogP contribution in [0, 0.1) is 11.3 Å². The Kier molecular flexibility index (Phi) is 3.57. The average molecular weight is 235 g/mol. The van der Waals surface area contributed by atoms with Crippen LogP contribution in [0.5, 0.6) is 0 Å². The monoisotopic (exact) mass is 235 g/mol. The summed E-state index contributed by atoms with van der Waals surface area (Å²) in [7, 11) is 0. The van der Waals surface area contributed by atoms with Crippen LogP contribution in [0.2, 0.25) is 0 Å². The van der Waals surface area contributed by atoms with E-state index in [0.29, 0.717) is 11.3 Å². The van der Waals surface area contributed by atoms with Crippen molar-refractivity contribution in [1.29, 1.82) is 5.26 Å². The fourth-order valence-electron chi connectivity index (χ4n) is 1.40. The molecule has 1 aromatic carbocycles. The topological polar surface area (TPSA) is 66.6 Å². The van der Waals surface area contributed by atoms with Crippen LogP contribution in [-0.2, 0) is 0 Å². The van der Waals surface area contributed by atoms with Crippen molar-refractivity contribution >= 4 is 11.9 Å². The van der Waals surface area contributed by atoms with E-state index in [1.54, 1.807) is 24.3 Å². The van der Waals surface area contributed by atoms with E-state index in [2.05, 4.69) is 9.97 Å². The van der Waals surface area contributed by atoms with E-state index in [4.69, 9.17) is 5.26 Å². The van der Waals surface area contributed by atoms with E-state index in [1.165, 1.54) is 24.7 Å². The quantitative estimate of drug-likeness (QED) is 0.604. The second-order valence-corrected chi connectivity index (χ2v) is 3.53. The predicted molar refractivity (Wildman–Crippen MR) is 66.6 cm³/mol. The summed E-state index contributed by atoms with van der Waals surface area (Å²) in [6.07, 6.45) is 7.46. The highest BCUT2D eigenvalue weighted by atomic mass is 16.1. The lowest BCUT2D eigenvalue weighted by Gasteiger charge is -1.94. The molecular weight excluding hydrogens is 226 g/mol. The number of carbonyl (C=O) groups is 1. The molecule has 0 amide bonds. The molecule has 0 N–H and O–H groups in total. The highest BCUT2D eigenvalue weighted by Crippen LogP contribution is 2.07. The Bertz CT molecular complexity index is 627. The summed E-state index contributed by atoms with van der Waals surface area (Å²) in [5.74, 6) is -0.217. The van der Waals surface area contributed by atoms with Gasteiger partial charge in [0.15, 0.2) is 0 Å². The number of nitrogens with zero attached hydrogens (tertiary/aromatic N) is 3. The summed E-state index contributed by atoms with van der Waals surface area (Å²) in [5.41, 5.74) is 1.65. The number of carbonyl (C=O) groups excluding carboxylic acids is 1. The van der Waals surface area contributed by atoms with Crippen LogP contribution in [0.25, 0.3) is 6.08 Å². The molecule has 0 radical (unpaired) electrons. The molecule has 0 fully saturated rings. The average Bonchev–Trinajstić information content (AvgIpc) is 2.46. The SMILES string of the molecule is N#Cc1cccc(/C=C/C(=O)c2cnccn2)c1. The third kappa shape index (κ3) is 2.86. The Morgan fingerprint density at radius 3 is 2.94 bits per heavy atom. The minimum Gasteiger partial charge on any atom is -0.287 e. The normalized spacial score (nSPS) is 10.2. The fraction of sp³-hybridized carbons (Fsp3) is 0. The third-order valence-corrected chi connectivity index (χ3v) is 2.26. The van der Waals surface area contributed by atoms with Gasteiger partial charge in [-0.1, -0.05) is 18.2 Å². The lowest BCUT2D eigenvalue weighted by atomic mass is 10.1. The molecule has 4 nitrogen and oxygen atoms in total. The first-order chi connectivity index (χ1) is 8.79. The zero-order valence-electron chi connectivity index (χ0n) is 9.45. The molecule has 0 saturated heterocycles. The second-order valence-electron chi connectivity index (χ2n) is 3.53. The van der Waals surface area contributed by atoms with Crippen molar-refractivity contribution in [1.82, 2.24) is 9.97 Å². The van der Waals surface area contributed by atoms with Crippen LogP contribution < -0.4 is 0 Å². The van der Waals surface area contributed by atoms with E-state index in [1.807, 2.05) is 12.1 Å².